The highest BCUT2D eigenvalue weighted by Gasteiger charge is 2.06. The van der Waals surface area contributed by atoms with Crippen molar-refractivity contribution in [1.82, 2.24) is 0 Å². The third-order valence-electron chi connectivity index (χ3n) is 1.35. The summed E-state index contributed by atoms with van der Waals surface area (Å²) in [5, 5.41) is 10.3. The van der Waals surface area contributed by atoms with Crippen molar-refractivity contribution < 1.29 is 4.92 Å². The first-order valence-electron chi connectivity index (χ1n) is 3.09. The molecule has 0 amide bonds. The molecule has 1 aromatic rings. The van der Waals surface area contributed by atoms with Crippen molar-refractivity contribution in [3.63, 3.8) is 0 Å². The lowest BCUT2D eigenvalue weighted by Crippen LogP contribution is -2.07. The van der Waals surface area contributed by atoms with E-state index < -0.39 is 4.92 Å². The summed E-state index contributed by atoms with van der Waals surface area (Å²) in [5.41, 5.74) is 2.92. The van der Waals surface area contributed by atoms with E-state index in [1.807, 2.05) is 0 Å². The molecule has 6 heteroatoms. The maximum Gasteiger partial charge on any atom is 0.270 e. The number of non-ortho nitro benzene ring substituents is 1. The van der Waals surface area contributed by atoms with Crippen LogP contribution in [-0.4, -0.2) is 4.92 Å². The van der Waals surface area contributed by atoms with E-state index in [0.717, 1.165) is 0 Å². The second-order valence-electron chi connectivity index (χ2n) is 2.10. The Bertz CT molecular complexity index is 316. The van der Waals surface area contributed by atoms with Crippen LogP contribution in [0, 0.1) is 10.1 Å². The lowest BCUT2D eigenvalue weighted by atomic mass is 10.3. The molecular weight excluding hydrogens is 178 g/mol. The van der Waals surface area contributed by atoms with Crippen LogP contribution in [0.4, 0.5) is 11.4 Å². The van der Waals surface area contributed by atoms with Gasteiger partial charge in [0, 0.05) is 17.0 Å². The van der Waals surface area contributed by atoms with Gasteiger partial charge < -0.3 is 5.43 Å². The molecule has 0 bridgehead atoms. The molecule has 12 heavy (non-hydrogen) atoms. The predicted octanol–water partition coefficient (Wildman–Crippen LogP) is 1.17. The van der Waals surface area contributed by atoms with E-state index in [0.29, 0.717) is 10.6 Å². The molecule has 0 saturated heterocycles. The van der Waals surface area contributed by atoms with Gasteiger partial charge in [0.05, 0.1) is 10.6 Å². The van der Waals surface area contributed by atoms with Gasteiger partial charge in [-0.25, -0.2) is 0 Å². The molecule has 0 atom stereocenters. The summed E-state index contributed by atoms with van der Waals surface area (Å²) < 4.78 is 0. The highest BCUT2D eigenvalue weighted by Crippen LogP contribution is 2.23. The second kappa shape index (κ2) is 3.42. The first-order valence-corrected chi connectivity index (χ1v) is 3.54. The van der Waals surface area contributed by atoms with Gasteiger partial charge in [-0.1, -0.05) is 0 Å². The molecule has 0 saturated carbocycles. The zero-order valence-corrected chi connectivity index (χ0v) is 6.91. The number of thiol groups is 1. The van der Waals surface area contributed by atoms with Gasteiger partial charge in [0.1, 0.15) is 0 Å². The van der Waals surface area contributed by atoms with Crippen LogP contribution in [-0.2, 0) is 0 Å². The molecule has 1 aromatic carbocycles. The van der Waals surface area contributed by atoms with Gasteiger partial charge >= 0.3 is 0 Å². The minimum atomic E-state index is -0.486. The summed E-state index contributed by atoms with van der Waals surface area (Å²) in [4.78, 5) is 10.2. The van der Waals surface area contributed by atoms with Crippen molar-refractivity contribution in [2.24, 2.45) is 5.84 Å². The molecule has 1 rings (SSSR count). The SMILES string of the molecule is NNc1ccc([N+](=O)[O-])cc1S. The van der Waals surface area contributed by atoms with E-state index in [1.165, 1.54) is 18.2 Å². The van der Waals surface area contributed by atoms with Gasteiger partial charge in [0.15, 0.2) is 0 Å². The molecule has 0 spiro atoms. The number of hydrogen-bond acceptors (Lipinski definition) is 5. The number of nitrogens with one attached hydrogen (secondary N) is 1. The molecule has 0 aliphatic heterocycles. The largest absolute Gasteiger partial charge is 0.323 e. The van der Waals surface area contributed by atoms with Crippen molar-refractivity contribution in [3.8, 4) is 0 Å². The van der Waals surface area contributed by atoms with Gasteiger partial charge in [-0.15, -0.1) is 12.6 Å². The molecule has 0 radical (unpaired) electrons. The number of nitro groups is 1. The quantitative estimate of drug-likeness (QED) is 0.279. The number of benzene rings is 1. The maximum atomic E-state index is 10.3. The normalized spacial score (nSPS) is 9.50. The van der Waals surface area contributed by atoms with Gasteiger partial charge in [0.25, 0.3) is 5.69 Å². The van der Waals surface area contributed by atoms with Gasteiger partial charge in [0.2, 0.25) is 0 Å². The third kappa shape index (κ3) is 1.66. The monoisotopic (exact) mass is 185 g/mol. The average molecular weight is 185 g/mol. The van der Waals surface area contributed by atoms with Crippen LogP contribution in [0.5, 0.6) is 0 Å². The Morgan fingerprint density at radius 1 is 1.58 bits per heavy atom. The Hall–Kier alpha value is -1.27. The van der Waals surface area contributed by atoms with Crippen LogP contribution >= 0.6 is 12.6 Å². The summed E-state index contributed by atoms with van der Waals surface area (Å²) in [7, 11) is 0. The number of nitrogens with two attached hydrogens (primary N) is 1. The highest BCUT2D eigenvalue weighted by atomic mass is 32.1. The Morgan fingerprint density at radius 3 is 2.67 bits per heavy atom. The molecule has 0 fully saturated rings. The van der Waals surface area contributed by atoms with Crippen LogP contribution in [0.2, 0.25) is 0 Å². The maximum absolute atomic E-state index is 10.3. The first kappa shape index (κ1) is 8.82. The van der Waals surface area contributed by atoms with Gasteiger partial charge in [-0.2, -0.15) is 0 Å². The minimum absolute atomic E-state index is 0.000926. The number of nitrogen functional groups attached to an aromatic ring is 1. The number of nitro benzene ring substituents is 1. The lowest BCUT2D eigenvalue weighted by molar-refractivity contribution is -0.385. The molecule has 0 aliphatic carbocycles. The molecule has 5 nitrogen and oxygen atoms in total. The van der Waals surface area contributed by atoms with Crippen molar-refractivity contribution in [1.29, 1.82) is 0 Å². The van der Waals surface area contributed by atoms with E-state index in [-0.39, 0.29) is 5.69 Å². The van der Waals surface area contributed by atoms with Crippen LogP contribution in [0.3, 0.4) is 0 Å². The van der Waals surface area contributed by atoms with Crippen molar-refractivity contribution in [3.05, 3.63) is 28.3 Å². The van der Waals surface area contributed by atoms with Crippen LogP contribution in [0.15, 0.2) is 23.1 Å². The third-order valence-corrected chi connectivity index (χ3v) is 1.72. The number of hydrazine groups is 1. The molecule has 0 aliphatic rings. The summed E-state index contributed by atoms with van der Waals surface area (Å²) in [6.07, 6.45) is 0. The Labute approximate surface area is 74.1 Å². The van der Waals surface area contributed by atoms with Crippen LogP contribution < -0.4 is 11.3 Å². The molecule has 0 aromatic heterocycles. The van der Waals surface area contributed by atoms with E-state index in [9.17, 15) is 10.1 Å². The minimum Gasteiger partial charge on any atom is -0.323 e. The standard InChI is InChI=1S/C6H7N3O2S/c7-8-5-2-1-4(9(10)11)3-6(5)12/h1-3,8,12H,7H2. The number of hydrogen-bond donors (Lipinski definition) is 3. The topological polar surface area (TPSA) is 81.2 Å². The van der Waals surface area contributed by atoms with Crippen molar-refractivity contribution >= 4 is 24.0 Å². The van der Waals surface area contributed by atoms with E-state index in [4.69, 9.17) is 5.84 Å². The molecular formula is C6H7N3O2S. The second-order valence-corrected chi connectivity index (χ2v) is 2.58. The predicted molar refractivity (Wildman–Crippen MR) is 48.2 cm³/mol. The van der Waals surface area contributed by atoms with Gasteiger partial charge in [-0.05, 0) is 6.07 Å². The number of rotatable bonds is 2. The first-order chi connectivity index (χ1) is 5.65. The Balaban J connectivity index is 3.10. The van der Waals surface area contributed by atoms with Crippen molar-refractivity contribution in [2.75, 3.05) is 5.43 Å². The summed E-state index contributed by atoms with van der Waals surface area (Å²) >= 11 is 4.00. The van der Waals surface area contributed by atoms with E-state index in [2.05, 4.69) is 18.1 Å². The smallest absolute Gasteiger partial charge is 0.270 e. The number of anilines is 1. The van der Waals surface area contributed by atoms with E-state index in [1.54, 1.807) is 0 Å². The zero-order valence-electron chi connectivity index (χ0n) is 6.02. The summed E-state index contributed by atoms with van der Waals surface area (Å²) in [6.45, 7) is 0. The fourth-order valence-electron chi connectivity index (χ4n) is 0.756. The molecule has 3 N–H and O–H groups in total. The number of nitrogens with zero attached hydrogens (tertiary/aromatic N) is 1. The average Bonchev–Trinajstić information content (AvgIpc) is 2.04. The highest BCUT2D eigenvalue weighted by molar-refractivity contribution is 7.80. The summed E-state index contributed by atoms with van der Waals surface area (Å²) in [5.74, 6) is 5.11. The Morgan fingerprint density at radius 2 is 2.25 bits per heavy atom. The van der Waals surface area contributed by atoms with Crippen molar-refractivity contribution in [2.45, 2.75) is 4.90 Å². The fourth-order valence-corrected chi connectivity index (χ4v) is 1.03. The van der Waals surface area contributed by atoms with Gasteiger partial charge in [-0.3, -0.25) is 16.0 Å². The molecule has 0 heterocycles. The molecule has 64 valence electrons. The van der Waals surface area contributed by atoms with Crippen LogP contribution in [0.1, 0.15) is 0 Å². The van der Waals surface area contributed by atoms with E-state index >= 15 is 0 Å². The fraction of sp³-hybridized carbons (Fsp3) is 0. The molecule has 0 unspecified atom stereocenters. The lowest BCUT2D eigenvalue weighted by Gasteiger charge is -2.01. The summed E-state index contributed by atoms with van der Waals surface area (Å²) in [6, 6.07) is 4.19. The van der Waals surface area contributed by atoms with Crippen LogP contribution in [0.25, 0.3) is 0 Å². The zero-order chi connectivity index (χ0) is 9.14. The Kier molecular flexibility index (Phi) is 2.51.